The summed E-state index contributed by atoms with van der Waals surface area (Å²) in [4.78, 5) is 17.1. The average Bonchev–Trinajstić information content (AvgIpc) is 2.61. The second-order valence-electron chi connectivity index (χ2n) is 6.00. The summed E-state index contributed by atoms with van der Waals surface area (Å²) in [5.74, 6) is 0.775. The highest BCUT2D eigenvalue weighted by Gasteiger charge is 2.15. The van der Waals surface area contributed by atoms with Crippen LogP contribution < -0.4 is 14.8 Å². The highest BCUT2D eigenvalue weighted by molar-refractivity contribution is 6.34. The van der Waals surface area contributed by atoms with E-state index in [1.165, 1.54) is 7.11 Å². The van der Waals surface area contributed by atoms with Gasteiger partial charge in [-0.1, -0.05) is 23.2 Å². The molecule has 3 aromatic rings. The van der Waals surface area contributed by atoms with Crippen LogP contribution in [0.3, 0.4) is 0 Å². The van der Waals surface area contributed by atoms with Crippen LogP contribution in [-0.2, 0) is 0 Å². The highest BCUT2D eigenvalue weighted by atomic mass is 35.5. The van der Waals surface area contributed by atoms with E-state index in [0.717, 1.165) is 22.0 Å². The number of hydrogen-bond acceptors (Lipinski definition) is 4. The molecule has 0 aliphatic heterocycles. The number of benzene rings is 2. The van der Waals surface area contributed by atoms with Crippen LogP contribution in [0.5, 0.6) is 11.5 Å². The van der Waals surface area contributed by atoms with E-state index < -0.39 is 0 Å². The van der Waals surface area contributed by atoms with Crippen molar-refractivity contribution in [3.8, 4) is 11.5 Å². The van der Waals surface area contributed by atoms with E-state index in [9.17, 15) is 4.79 Å². The standard InChI is InChI=1S/C20H19ClN2O3/c1-11-7-12(2)18-13(8-11)9-15(19(21)23-18)20(24)22-14-5-6-16(25-3)17(10-14)26-4/h5-10H,1-4H3,(H,22,24). The first kappa shape index (κ1) is 18.0. The van der Waals surface area contributed by atoms with E-state index >= 15 is 0 Å². The minimum atomic E-state index is -0.337. The molecule has 0 bridgehead atoms. The number of nitrogens with zero attached hydrogens (tertiary/aromatic N) is 1. The largest absolute Gasteiger partial charge is 0.493 e. The Morgan fingerprint density at radius 3 is 2.46 bits per heavy atom. The zero-order valence-electron chi connectivity index (χ0n) is 15.0. The number of nitrogens with one attached hydrogen (secondary N) is 1. The molecule has 0 fully saturated rings. The van der Waals surface area contributed by atoms with Gasteiger partial charge in [-0.15, -0.1) is 0 Å². The van der Waals surface area contributed by atoms with Gasteiger partial charge in [0.15, 0.2) is 11.5 Å². The van der Waals surface area contributed by atoms with Crippen molar-refractivity contribution >= 4 is 34.1 Å². The number of anilines is 1. The molecular formula is C20H19ClN2O3. The number of aromatic nitrogens is 1. The fourth-order valence-electron chi connectivity index (χ4n) is 2.90. The molecule has 6 heteroatoms. The van der Waals surface area contributed by atoms with Crippen LogP contribution in [0, 0.1) is 13.8 Å². The van der Waals surface area contributed by atoms with Crippen LogP contribution in [0.2, 0.25) is 5.15 Å². The van der Waals surface area contributed by atoms with Gasteiger partial charge < -0.3 is 14.8 Å². The van der Waals surface area contributed by atoms with E-state index in [0.29, 0.717) is 22.7 Å². The Morgan fingerprint density at radius 2 is 1.77 bits per heavy atom. The lowest BCUT2D eigenvalue weighted by atomic mass is 10.1. The van der Waals surface area contributed by atoms with Crippen molar-refractivity contribution in [1.82, 2.24) is 4.98 Å². The molecule has 0 atom stereocenters. The summed E-state index contributed by atoms with van der Waals surface area (Å²) in [7, 11) is 3.10. The molecule has 0 aliphatic carbocycles. The summed E-state index contributed by atoms with van der Waals surface area (Å²) in [5.41, 5.74) is 3.81. The minimum Gasteiger partial charge on any atom is -0.493 e. The molecule has 1 N–H and O–H groups in total. The summed E-state index contributed by atoms with van der Waals surface area (Å²) >= 11 is 6.27. The molecule has 0 spiro atoms. The average molecular weight is 371 g/mol. The van der Waals surface area contributed by atoms with Crippen molar-refractivity contribution in [2.45, 2.75) is 13.8 Å². The zero-order valence-corrected chi connectivity index (χ0v) is 15.8. The molecule has 0 aliphatic rings. The van der Waals surface area contributed by atoms with Gasteiger partial charge in [0, 0.05) is 17.1 Å². The molecule has 26 heavy (non-hydrogen) atoms. The maximum atomic E-state index is 12.7. The van der Waals surface area contributed by atoms with Gasteiger partial charge in [0.1, 0.15) is 5.15 Å². The van der Waals surface area contributed by atoms with Crippen LogP contribution in [0.4, 0.5) is 5.69 Å². The minimum absolute atomic E-state index is 0.169. The maximum Gasteiger partial charge on any atom is 0.258 e. The summed E-state index contributed by atoms with van der Waals surface area (Å²) < 4.78 is 10.5. The number of rotatable bonds is 4. The van der Waals surface area contributed by atoms with Gasteiger partial charge in [0.2, 0.25) is 0 Å². The molecule has 0 saturated heterocycles. The molecule has 5 nitrogen and oxygen atoms in total. The van der Waals surface area contributed by atoms with Gasteiger partial charge in [-0.05, 0) is 43.7 Å². The Balaban J connectivity index is 1.96. The zero-order chi connectivity index (χ0) is 18.8. The molecule has 3 rings (SSSR count). The van der Waals surface area contributed by atoms with Gasteiger partial charge in [-0.2, -0.15) is 0 Å². The Labute approximate surface area is 156 Å². The predicted molar refractivity (Wildman–Crippen MR) is 104 cm³/mol. The first-order valence-electron chi connectivity index (χ1n) is 8.04. The van der Waals surface area contributed by atoms with Gasteiger partial charge in [-0.25, -0.2) is 4.98 Å². The Bertz CT molecular complexity index is 1000. The van der Waals surface area contributed by atoms with Crippen molar-refractivity contribution in [2.75, 3.05) is 19.5 Å². The number of fused-ring (bicyclic) bond motifs is 1. The number of carbonyl (C=O) groups is 1. The number of hydrogen-bond donors (Lipinski definition) is 1. The topological polar surface area (TPSA) is 60.5 Å². The molecule has 134 valence electrons. The lowest BCUT2D eigenvalue weighted by Gasteiger charge is -2.12. The first-order chi connectivity index (χ1) is 12.4. The summed E-state index contributed by atoms with van der Waals surface area (Å²) in [6, 6.07) is 10.9. The summed E-state index contributed by atoms with van der Waals surface area (Å²) in [5, 5.41) is 3.87. The van der Waals surface area contributed by atoms with Crippen LogP contribution in [0.25, 0.3) is 10.9 Å². The predicted octanol–water partition coefficient (Wildman–Crippen LogP) is 4.77. The molecule has 1 heterocycles. The Kier molecular flexibility index (Phi) is 5.00. The van der Waals surface area contributed by atoms with Crippen molar-refractivity contribution in [3.63, 3.8) is 0 Å². The second-order valence-corrected chi connectivity index (χ2v) is 6.36. The van der Waals surface area contributed by atoms with Crippen LogP contribution in [-0.4, -0.2) is 25.1 Å². The van der Waals surface area contributed by atoms with Crippen molar-refractivity contribution < 1.29 is 14.3 Å². The number of pyridine rings is 1. The summed E-state index contributed by atoms with van der Waals surface area (Å²) in [6.45, 7) is 3.98. The highest BCUT2D eigenvalue weighted by Crippen LogP contribution is 2.30. The lowest BCUT2D eigenvalue weighted by Crippen LogP contribution is -2.13. The number of methoxy groups -OCH3 is 2. The molecule has 0 radical (unpaired) electrons. The molecule has 1 aromatic heterocycles. The maximum absolute atomic E-state index is 12.7. The molecule has 0 unspecified atom stereocenters. The normalized spacial score (nSPS) is 10.7. The van der Waals surface area contributed by atoms with E-state index in [1.54, 1.807) is 31.4 Å². The fourth-order valence-corrected chi connectivity index (χ4v) is 3.13. The molecule has 2 aromatic carbocycles. The number of halogens is 1. The number of amides is 1. The summed E-state index contributed by atoms with van der Waals surface area (Å²) in [6.07, 6.45) is 0. The molecule has 0 saturated carbocycles. The second kappa shape index (κ2) is 7.22. The van der Waals surface area contributed by atoms with E-state index in [2.05, 4.69) is 10.3 Å². The van der Waals surface area contributed by atoms with Gasteiger partial charge in [-0.3, -0.25) is 4.79 Å². The third-order valence-electron chi connectivity index (χ3n) is 4.09. The Morgan fingerprint density at radius 1 is 1.04 bits per heavy atom. The quantitative estimate of drug-likeness (QED) is 0.672. The van der Waals surface area contributed by atoms with Gasteiger partial charge in [0.25, 0.3) is 5.91 Å². The number of ether oxygens (including phenoxy) is 2. The van der Waals surface area contributed by atoms with E-state index in [1.807, 2.05) is 26.0 Å². The first-order valence-corrected chi connectivity index (χ1v) is 8.41. The van der Waals surface area contributed by atoms with E-state index in [-0.39, 0.29) is 11.1 Å². The lowest BCUT2D eigenvalue weighted by molar-refractivity contribution is 0.102. The Hall–Kier alpha value is -2.79. The van der Waals surface area contributed by atoms with Crippen LogP contribution in [0.15, 0.2) is 36.4 Å². The third kappa shape index (κ3) is 3.44. The monoisotopic (exact) mass is 370 g/mol. The van der Waals surface area contributed by atoms with Crippen molar-refractivity contribution in [2.24, 2.45) is 0 Å². The van der Waals surface area contributed by atoms with Gasteiger partial charge in [0.05, 0.1) is 25.3 Å². The molecule has 1 amide bonds. The van der Waals surface area contributed by atoms with Crippen LogP contribution >= 0.6 is 11.6 Å². The SMILES string of the molecule is COc1ccc(NC(=O)c2cc3cc(C)cc(C)c3nc2Cl)cc1OC. The number of aryl methyl sites for hydroxylation is 2. The van der Waals surface area contributed by atoms with E-state index in [4.69, 9.17) is 21.1 Å². The van der Waals surface area contributed by atoms with Crippen LogP contribution in [0.1, 0.15) is 21.5 Å². The van der Waals surface area contributed by atoms with Gasteiger partial charge >= 0.3 is 0 Å². The molecular weight excluding hydrogens is 352 g/mol. The van der Waals surface area contributed by atoms with Crippen molar-refractivity contribution in [1.29, 1.82) is 0 Å². The van der Waals surface area contributed by atoms with Crippen molar-refractivity contribution in [3.05, 3.63) is 58.2 Å². The smallest absolute Gasteiger partial charge is 0.258 e. The number of carbonyl (C=O) groups excluding carboxylic acids is 1. The fraction of sp³-hybridized carbons (Fsp3) is 0.200. The third-order valence-corrected chi connectivity index (χ3v) is 4.38.